The molecule has 0 aromatic rings. The molecule has 0 rings (SSSR count). The molecule has 11 heteroatoms. The molecule has 10 nitrogen and oxygen atoms in total. The molecule has 0 radical (unpaired) electrons. The number of nitrogens with zero attached hydrogens (tertiary/aromatic N) is 1. The second-order valence-electron chi connectivity index (χ2n) is 16.3. The lowest BCUT2D eigenvalue weighted by Crippen LogP contribution is -2.37. The van der Waals surface area contributed by atoms with E-state index in [1.807, 2.05) is 33.3 Å². The highest BCUT2D eigenvalue weighted by Crippen LogP contribution is 2.38. The minimum atomic E-state index is -4.69. The fraction of sp³-hybridized carbons (Fsp3) is 0.640. The average molecular weight is 874 g/mol. The summed E-state index contributed by atoms with van der Waals surface area (Å²) in [6.07, 6.45) is 50.4. The molecule has 0 saturated carbocycles. The van der Waals surface area contributed by atoms with Gasteiger partial charge in [0.1, 0.15) is 19.8 Å². The highest BCUT2D eigenvalue weighted by atomic mass is 31.2. The van der Waals surface area contributed by atoms with Gasteiger partial charge in [-0.05, 0) is 89.9 Å². The van der Waals surface area contributed by atoms with Crippen LogP contribution < -0.4 is 4.89 Å². The summed E-state index contributed by atoms with van der Waals surface area (Å²) in [6.45, 7) is 3.88. The molecule has 348 valence electrons. The van der Waals surface area contributed by atoms with Crippen molar-refractivity contribution in [3.63, 3.8) is 0 Å². The lowest BCUT2D eigenvalue weighted by atomic mass is 10.1. The second-order valence-corrected chi connectivity index (χ2v) is 17.7. The smallest absolute Gasteiger partial charge is 0.306 e. The Balaban J connectivity index is 4.61. The summed E-state index contributed by atoms with van der Waals surface area (Å²) in [7, 11) is 1.02. The number of rotatable bonds is 40. The van der Waals surface area contributed by atoms with E-state index in [0.29, 0.717) is 30.3 Å². The molecule has 0 aliphatic heterocycles. The summed E-state index contributed by atoms with van der Waals surface area (Å²) in [5.74, 6) is -1.08. The number of likely N-dealkylation sites (N-methyl/N-ethyl adjacent to an activating group) is 1. The largest absolute Gasteiger partial charge is 0.756 e. The first-order valence-corrected chi connectivity index (χ1v) is 24.5. The fourth-order valence-electron chi connectivity index (χ4n) is 5.50. The van der Waals surface area contributed by atoms with Crippen LogP contribution in [0.3, 0.4) is 0 Å². The van der Waals surface area contributed by atoms with E-state index in [9.17, 15) is 24.2 Å². The Morgan fingerprint density at radius 1 is 0.607 bits per heavy atom. The topological polar surface area (TPSA) is 131 Å². The van der Waals surface area contributed by atoms with E-state index in [1.54, 1.807) is 12.2 Å². The molecular weight excluding hydrogens is 790 g/mol. The first kappa shape index (κ1) is 57.9. The van der Waals surface area contributed by atoms with Crippen LogP contribution in [-0.4, -0.2) is 81.2 Å². The van der Waals surface area contributed by atoms with Gasteiger partial charge in [-0.3, -0.25) is 14.2 Å². The highest BCUT2D eigenvalue weighted by Gasteiger charge is 2.21. The normalized spacial score (nSPS) is 14.9. The maximum atomic E-state index is 12.7. The standard InChI is InChI=1S/C50H84NO9P/c1-6-8-10-12-14-16-18-20-21-22-23-24-25-27-29-31-33-35-37-41-50(54)60-48(46-59-61(55,56)58-44-43-51(3,4)5)45-57-49(53)42-38-40-47(52)39-36-34-32-30-28-26-19-17-15-13-11-9-7-2/h14-17,20-21,23-24,26-29,32,34,36,39,47-48,52H,6-13,18-19,22,25,30-31,33,35,37-38,40-46H2,1-5H3/b16-14-,17-15-,21-20-,24-23-,28-26-,29-27-,34-32-,39-36+/t47-,48-/m1/s1. The van der Waals surface area contributed by atoms with Crippen LogP contribution >= 0.6 is 7.82 Å². The molecule has 0 fully saturated rings. The zero-order chi connectivity index (χ0) is 45.1. The number of esters is 2. The summed E-state index contributed by atoms with van der Waals surface area (Å²) < 4.78 is 33.7. The first-order chi connectivity index (χ1) is 29.4. The van der Waals surface area contributed by atoms with Crippen molar-refractivity contribution < 1.29 is 47.2 Å². The number of phosphoric acid groups is 1. The van der Waals surface area contributed by atoms with Gasteiger partial charge in [-0.1, -0.05) is 143 Å². The van der Waals surface area contributed by atoms with Crippen molar-refractivity contribution in [2.45, 2.75) is 161 Å². The number of aliphatic hydroxyl groups excluding tert-OH is 1. The highest BCUT2D eigenvalue weighted by molar-refractivity contribution is 7.45. The fourth-order valence-corrected chi connectivity index (χ4v) is 6.23. The molecule has 3 atom stereocenters. The van der Waals surface area contributed by atoms with Crippen LogP contribution in [0.5, 0.6) is 0 Å². The van der Waals surface area contributed by atoms with E-state index in [2.05, 4.69) is 86.8 Å². The SMILES string of the molecule is CCCCC/C=C\C/C=C\C/C=C\C=C\[C@@H](O)CCCC(=O)OC[C@H](COP(=O)([O-])OCC[N+](C)(C)C)OC(=O)CCCCC/C=C\C/C=C\C/C=C\C/C=C\CCCCC. The third kappa shape index (κ3) is 44.7. The Morgan fingerprint density at radius 3 is 1.62 bits per heavy atom. The van der Waals surface area contributed by atoms with Crippen molar-refractivity contribution in [3.8, 4) is 0 Å². The Kier molecular flexibility index (Phi) is 38.8. The monoisotopic (exact) mass is 874 g/mol. The minimum absolute atomic E-state index is 0.0355. The number of hydrogen-bond donors (Lipinski definition) is 1. The molecule has 0 spiro atoms. The second kappa shape index (κ2) is 40.9. The molecule has 0 aliphatic carbocycles. The Bertz CT molecular complexity index is 1370. The maximum absolute atomic E-state index is 12.7. The summed E-state index contributed by atoms with van der Waals surface area (Å²) in [6, 6.07) is 0. The number of hydrogen-bond acceptors (Lipinski definition) is 9. The summed E-state index contributed by atoms with van der Waals surface area (Å²) in [5, 5.41) is 10.3. The van der Waals surface area contributed by atoms with E-state index >= 15 is 0 Å². The molecular formula is C50H84NO9P. The van der Waals surface area contributed by atoms with Gasteiger partial charge in [0.05, 0.1) is 33.9 Å². The molecule has 0 saturated heterocycles. The van der Waals surface area contributed by atoms with E-state index in [4.69, 9.17) is 18.5 Å². The third-order valence-corrected chi connectivity index (χ3v) is 10.1. The summed E-state index contributed by atoms with van der Waals surface area (Å²) >= 11 is 0. The summed E-state index contributed by atoms with van der Waals surface area (Å²) in [4.78, 5) is 37.6. The number of allylic oxidation sites excluding steroid dienone is 15. The molecule has 1 N–H and O–H groups in total. The van der Waals surface area contributed by atoms with Gasteiger partial charge < -0.3 is 33.0 Å². The Hall–Kier alpha value is -3.11. The number of quaternary nitrogens is 1. The van der Waals surface area contributed by atoms with Crippen LogP contribution in [0.1, 0.15) is 149 Å². The number of phosphoric ester groups is 1. The molecule has 1 unspecified atom stereocenters. The number of ether oxygens (including phenoxy) is 2. The first-order valence-electron chi connectivity index (χ1n) is 23.1. The van der Waals surface area contributed by atoms with Gasteiger partial charge in [0.15, 0.2) is 6.10 Å². The van der Waals surface area contributed by atoms with Gasteiger partial charge >= 0.3 is 11.9 Å². The van der Waals surface area contributed by atoms with Crippen molar-refractivity contribution in [2.75, 3.05) is 47.5 Å². The number of aliphatic hydroxyl groups is 1. The van der Waals surface area contributed by atoms with Gasteiger partial charge in [-0.25, -0.2) is 0 Å². The van der Waals surface area contributed by atoms with Crippen molar-refractivity contribution in [2.24, 2.45) is 0 Å². The maximum Gasteiger partial charge on any atom is 0.306 e. The van der Waals surface area contributed by atoms with Crippen LogP contribution in [0.4, 0.5) is 0 Å². The van der Waals surface area contributed by atoms with Gasteiger partial charge in [0, 0.05) is 12.8 Å². The van der Waals surface area contributed by atoms with E-state index < -0.39 is 38.6 Å². The predicted molar refractivity (Wildman–Crippen MR) is 251 cm³/mol. The van der Waals surface area contributed by atoms with E-state index in [-0.39, 0.29) is 26.1 Å². The van der Waals surface area contributed by atoms with Crippen molar-refractivity contribution in [3.05, 3.63) is 97.2 Å². The van der Waals surface area contributed by atoms with Crippen molar-refractivity contribution in [1.29, 1.82) is 0 Å². The van der Waals surface area contributed by atoms with Gasteiger partial charge in [-0.2, -0.15) is 0 Å². The number of carbonyl (C=O) groups excluding carboxylic acids is 2. The van der Waals surface area contributed by atoms with Crippen molar-refractivity contribution in [1.82, 2.24) is 0 Å². The average Bonchev–Trinajstić information content (AvgIpc) is 3.21. The molecule has 0 aromatic heterocycles. The zero-order valence-electron chi connectivity index (χ0n) is 38.7. The van der Waals surface area contributed by atoms with Gasteiger partial charge in [-0.15, -0.1) is 0 Å². The predicted octanol–water partition coefficient (Wildman–Crippen LogP) is 11.7. The Morgan fingerprint density at radius 2 is 1.10 bits per heavy atom. The third-order valence-electron chi connectivity index (χ3n) is 9.18. The Labute approximate surface area is 371 Å². The van der Waals surface area contributed by atoms with E-state index in [1.165, 1.54) is 44.9 Å². The molecule has 0 heterocycles. The van der Waals surface area contributed by atoms with Crippen LogP contribution in [0, 0.1) is 0 Å². The molecule has 61 heavy (non-hydrogen) atoms. The van der Waals surface area contributed by atoms with Gasteiger partial charge in [0.2, 0.25) is 0 Å². The lowest BCUT2D eigenvalue weighted by molar-refractivity contribution is -0.870. The number of unbranched alkanes of at least 4 members (excludes halogenated alkanes) is 9. The summed E-state index contributed by atoms with van der Waals surface area (Å²) in [5.41, 5.74) is 0. The quantitative estimate of drug-likeness (QED) is 0.0160. The van der Waals surface area contributed by atoms with Crippen molar-refractivity contribution >= 4 is 19.8 Å². The van der Waals surface area contributed by atoms with Gasteiger partial charge in [0.25, 0.3) is 7.82 Å². The molecule has 0 aromatic carbocycles. The van der Waals surface area contributed by atoms with Crippen LogP contribution in [0.15, 0.2) is 97.2 Å². The minimum Gasteiger partial charge on any atom is -0.756 e. The van der Waals surface area contributed by atoms with Crippen LogP contribution in [0.2, 0.25) is 0 Å². The number of carbonyl (C=O) groups is 2. The van der Waals surface area contributed by atoms with Crippen LogP contribution in [-0.2, 0) is 32.7 Å². The molecule has 0 amide bonds. The molecule has 0 bridgehead atoms. The van der Waals surface area contributed by atoms with E-state index in [0.717, 1.165) is 57.8 Å². The van der Waals surface area contributed by atoms with Crippen LogP contribution in [0.25, 0.3) is 0 Å². The zero-order valence-corrected chi connectivity index (χ0v) is 39.6. The lowest BCUT2D eigenvalue weighted by Gasteiger charge is -2.28. The molecule has 0 aliphatic rings.